The van der Waals surface area contributed by atoms with Gasteiger partial charge in [-0.25, -0.2) is 0 Å². The van der Waals surface area contributed by atoms with E-state index in [1.54, 1.807) is 36.4 Å². The molecule has 100 valence electrons. The second-order valence-electron chi connectivity index (χ2n) is 4.42. The lowest BCUT2D eigenvalue weighted by molar-refractivity contribution is 0.782. The summed E-state index contributed by atoms with van der Waals surface area (Å²) in [6.45, 7) is 0. The molecule has 0 spiro atoms. The van der Waals surface area contributed by atoms with Gasteiger partial charge in [0.2, 0.25) is 5.56 Å². The highest BCUT2D eigenvalue weighted by Crippen LogP contribution is 2.34. The molecule has 3 N–H and O–H groups in total. The zero-order valence-corrected chi connectivity index (χ0v) is 10.9. The Kier molecular flexibility index (Phi) is 2.83. The third kappa shape index (κ3) is 1.97. The second kappa shape index (κ2) is 4.65. The first-order chi connectivity index (χ1) is 9.66. The highest BCUT2D eigenvalue weighted by molar-refractivity contribution is 5.87. The molecular formula is C14H13N5O. The fraction of sp³-hybridized carbons (Fsp3) is 0.0714. The molecule has 3 rings (SSSR count). The van der Waals surface area contributed by atoms with Crippen LogP contribution in [0.15, 0.2) is 47.7 Å². The quantitative estimate of drug-likeness (QED) is 0.734. The van der Waals surface area contributed by atoms with Crippen molar-refractivity contribution in [3.8, 4) is 22.4 Å². The minimum absolute atomic E-state index is 0.177. The largest absolute Gasteiger partial charge is 0.383 e. The van der Waals surface area contributed by atoms with Crippen molar-refractivity contribution in [3.63, 3.8) is 0 Å². The molecule has 3 aromatic rings. The molecule has 20 heavy (non-hydrogen) atoms. The third-order valence-corrected chi connectivity index (χ3v) is 3.09. The molecule has 0 saturated carbocycles. The minimum atomic E-state index is -0.177. The SMILES string of the molecule is Cn1nc(-c2cc[nH]c(=O)c2)c(-c2cccnc2)c1N. The number of pyridine rings is 2. The van der Waals surface area contributed by atoms with Gasteiger partial charge in [0.1, 0.15) is 11.5 Å². The van der Waals surface area contributed by atoms with E-state index in [0.29, 0.717) is 11.5 Å². The van der Waals surface area contributed by atoms with Gasteiger partial charge in [0.15, 0.2) is 0 Å². The van der Waals surface area contributed by atoms with E-state index in [-0.39, 0.29) is 5.56 Å². The van der Waals surface area contributed by atoms with Crippen molar-refractivity contribution in [2.75, 3.05) is 5.73 Å². The minimum Gasteiger partial charge on any atom is -0.383 e. The van der Waals surface area contributed by atoms with Gasteiger partial charge in [-0.05, 0) is 12.1 Å². The van der Waals surface area contributed by atoms with Crippen molar-refractivity contribution >= 4 is 5.82 Å². The van der Waals surface area contributed by atoms with Gasteiger partial charge < -0.3 is 10.7 Å². The number of H-pyrrole nitrogens is 1. The Morgan fingerprint density at radius 3 is 2.85 bits per heavy atom. The molecule has 0 atom stereocenters. The third-order valence-electron chi connectivity index (χ3n) is 3.09. The Morgan fingerprint density at radius 1 is 1.30 bits per heavy atom. The van der Waals surface area contributed by atoms with Crippen LogP contribution in [0.2, 0.25) is 0 Å². The second-order valence-corrected chi connectivity index (χ2v) is 4.42. The van der Waals surface area contributed by atoms with E-state index in [0.717, 1.165) is 16.7 Å². The first kappa shape index (κ1) is 12.2. The summed E-state index contributed by atoms with van der Waals surface area (Å²) in [4.78, 5) is 18.2. The number of hydrogen-bond acceptors (Lipinski definition) is 4. The summed E-state index contributed by atoms with van der Waals surface area (Å²) in [6.07, 6.45) is 5.02. The van der Waals surface area contributed by atoms with Crippen LogP contribution in [0, 0.1) is 0 Å². The molecule has 0 aliphatic heterocycles. The fourth-order valence-electron chi connectivity index (χ4n) is 2.13. The number of nitrogens with zero attached hydrogens (tertiary/aromatic N) is 3. The van der Waals surface area contributed by atoms with Gasteiger partial charge in [-0.2, -0.15) is 5.10 Å². The molecule has 0 bridgehead atoms. The van der Waals surface area contributed by atoms with Crippen LogP contribution in [0.1, 0.15) is 0 Å². The first-order valence-corrected chi connectivity index (χ1v) is 6.09. The van der Waals surface area contributed by atoms with Crippen molar-refractivity contribution in [1.82, 2.24) is 19.7 Å². The molecule has 6 heteroatoms. The van der Waals surface area contributed by atoms with E-state index in [1.165, 1.54) is 6.07 Å². The number of nitrogens with one attached hydrogen (secondary N) is 1. The highest BCUT2D eigenvalue weighted by Gasteiger charge is 2.17. The first-order valence-electron chi connectivity index (χ1n) is 6.09. The van der Waals surface area contributed by atoms with Crippen LogP contribution in [-0.2, 0) is 7.05 Å². The molecule has 3 aromatic heterocycles. The van der Waals surface area contributed by atoms with Gasteiger partial charge in [-0.3, -0.25) is 14.5 Å². The smallest absolute Gasteiger partial charge is 0.248 e. The van der Waals surface area contributed by atoms with Crippen LogP contribution >= 0.6 is 0 Å². The Morgan fingerprint density at radius 2 is 2.15 bits per heavy atom. The topological polar surface area (TPSA) is 89.6 Å². The summed E-state index contributed by atoms with van der Waals surface area (Å²) in [5.41, 5.74) is 8.97. The van der Waals surface area contributed by atoms with Crippen LogP contribution in [0.4, 0.5) is 5.82 Å². The molecular weight excluding hydrogens is 254 g/mol. The molecule has 0 amide bonds. The van der Waals surface area contributed by atoms with Crippen molar-refractivity contribution in [2.24, 2.45) is 7.05 Å². The number of aryl methyl sites for hydroxylation is 1. The summed E-state index contributed by atoms with van der Waals surface area (Å²) >= 11 is 0. The predicted molar refractivity (Wildman–Crippen MR) is 76.9 cm³/mol. The molecule has 0 unspecified atom stereocenters. The van der Waals surface area contributed by atoms with E-state index < -0.39 is 0 Å². The zero-order chi connectivity index (χ0) is 14.1. The van der Waals surface area contributed by atoms with Crippen molar-refractivity contribution in [2.45, 2.75) is 0 Å². The maximum Gasteiger partial charge on any atom is 0.248 e. The van der Waals surface area contributed by atoms with Crippen molar-refractivity contribution in [1.29, 1.82) is 0 Å². The lowest BCUT2D eigenvalue weighted by Crippen LogP contribution is -2.02. The van der Waals surface area contributed by atoms with Gasteiger partial charge in [0.25, 0.3) is 0 Å². The maximum absolute atomic E-state index is 11.5. The standard InChI is InChI=1S/C14H13N5O/c1-19-14(15)12(10-3-2-5-16-8-10)13(18-19)9-4-6-17-11(20)7-9/h2-8H,15H2,1H3,(H,17,20). The lowest BCUT2D eigenvalue weighted by Gasteiger charge is -2.03. The Labute approximate surface area is 114 Å². The van der Waals surface area contributed by atoms with Gasteiger partial charge in [0.05, 0.1) is 5.56 Å². The molecule has 0 aromatic carbocycles. The van der Waals surface area contributed by atoms with Crippen molar-refractivity contribution < 1.29 is 0 Å². The molecule has 6 nitrogen and oxygen atoms in total. The average molecular weight is 267 g/mol. The summed E-state index contributed by atoms with van der Waals surface area (Å²) in [7, 11) is 1.77. The zero-order valence-electron chi connectivity index (χ0n) is 10.9. The monoisotopic (exact) mass is 267 g/mol. The number of anilines is 1. The highest BCUT2D eigenvalue weighted by atomic mass is 16.1. The van der Waals surface area contributed by atoms with Crippen LogP contribution in [0.5, 0.6) is 0 Å². The normalized spacial score (nSPS) is 10.7. The molecule has 0 aliphatic carbocycles. The van der Waals surface area contributed by atoms with E-state index in [2.05, 4.69) is 15.1 Å². The fourth-order valence-corrected chi connectivity index (χ4v) is 2.13. The molecule has 0 saturated heterocycles. The number of rotatable bonds is 2. The van der Waals surface area contributed by atoms with E-state index in [9.17, 15) is 4.79 Å². The summed E-state index contributed by atoms with van der Waals surface area (Å²) in [5.74, 6) is 0.535. The molecule has 3 heterocycles. The molecule has 0 radical (unpaired) electrons. The Bertz CT molecular complexity index is 804. The van der Waals surface area contributed by atoms with E-state index in [4.69, 9.17) is 5.73 Å². The van der Waals surface area contributed by atoms with E-state index in [1.807, 2.05) is 12.1 Å². The number of aromatic amines is 1. The predicted octanol–water partition coefficient (Wildman–Crippen LogP) is 1.42. The van der Waals surface area contributed by atoms with Crippen molar-refractivity contribution in [3.05, 3.63) is 53.2 Å². The van der Waals surface area contributed by atoms with Gasteiger partial charge in [-0.1, -0.05) is 6.07 Å². The van der Waals surface area contributed by atoms with Gasteiger partial charge in [-0.15, -0.1) is 0 Å². The average Bonchev–Trinajstić information content (AvgIpc) is 2.76. The van der Waals surface area contributed by atoms with Crippen LogP contribution in [-0.4, -0.2) is 19.7 Å². The van der Waals surface area contributed by atoms with Crippen LogP contribution in [0.25, 0.3) is 22.4 Å². The Balaban J connectivity index is 2.28. The van der Waals surface area contributed by atoms with Crippen LogP contribution < -0.4 is 11.3 Å². The number of nitrogens with two attached hydrogens (primary N) is 1. The number of hydrogen-bond donors (Lipinski definition) is 2. The summed E-state index contributed by atoms with van der Waals surface area (Å²) in [5, 5.41) is 4.41. The molecule has 0 aliphatic rings. The van der Waals surface area contributed by atoms with Crippen LogP contribution in [0.3, 0.4) is 0 Å². The molecule has 0 fully saturated rings. The maximum atomic E-state index is 11.5. The number of aromatic nitrogens is 4. The summed E-state index contributed by atoms with van der Waals surface area (Å²) in [6, 6.07) is 7.05. The number of nitrogen functional groups attached to an aromatic ring is 1. The van der Waals surface area contributed by atoms with E-state index >= 15 is 0 Å². The summed E-state index contributed by atoms with van der Waals surface area (Å²) < 4.78 is 1.60. The van der Waals surface area contributed by atoms with Gasteiger partial charge >= 0.3 is 0 Å². The van der Waals surface area contributed by atoms with Gasteiger partial charge in [0, 0.05) is 42.8 Å². The Hall–Kier alpha value is -2.89. The lowest BCUT2D eigenvalue weighted by atomic mass is 10.0.